The minimum absolute atomic E-state index is 0.147. The number of ether oxygens (including phenoxy) is 2. The molecule has 0 aliphatic carbocycles. The minimum Gasteiger partial charge on any atom is -0.487 e. The molecule has 1 aromatic rings. The SMILES string of the molecule is CCNCc1ccc(OC(C)C)c(OC(C)C)c1. The van der Waals surface area contributed by atoms with E-state index in [0.717, 1.165) is 24.6 Å². The molecule has 0 unspecified atom stereocenters. The monoisotopic (exact) mass is 251 g/mol. The van der Waals surface area contributed by atoms with E-state index in [1.54, 1.807) is 0 Å². The maximum Gasteiger partial charge on any atom is 0.161 e. The van der Waals surface area contributed by atoms with Crippen LogP contribution in [0.1, 0.15) is 40.2 Å². The lowest BCUT2D eigenvalue weighted by Crippen LogP contribution is -2.14. The third-order valence-electron chi connectivity index (χ3n) is 2.31. The summed E-state index contributed by atoms with van der Waals surface area (Å²) in [5, 5.41) is 3.31. The second kappa shape index (κ2) is 7.27. The molecule has 0 heterocycles. The first-order chi connectivity index (χ1) is 8.52. The van der Waals surface area contributed by atoms with Crippen molar-refractivity contribution in [2.24, 2.45) is 0 Å². The lowest BCUT2D eigenvalue weighted by Gasteiger charge is -2.18. The molecule has 18 heavy (non-hydrogen) atoms. The van der Waals surface area contributed by atoms with Gasteiger partial charge in [0.1, 0.15) is 0 Å². The first-order valence-electron chi connectivity index (χ1n) is 6.69. The van der Waals surface area contributed by atoms with E-state index in [2.05, 4.69) is 24.4 Å². The summed E-state index contributed by atoms with van der Waals surface area (Å²) in [6.45, 7) is 12.0. The molecule has 1 aromatic carbocycles. The number of hydrogen-bond acceptors (Lipinski definition) is 3. The lowest BCUT2D eigenvalue weighted by atomic mass is 10.2. The molecule has 1 N–H and O–H groups in total. The van der Waals surface area contributed by atoms with Gasteiger partial charge in [0, 0.05) is 6.54 Å². The first kappa shape index (κ1) is 14.8. The van der Waals surface area contributed by atoms with Crippen molar-refractivity contribution in [3.8, 4) is 11.5 Å². The van der Waals surface area contributed by atoms with E-state index in [4.69, 9.17) is 9.47 Å². The Bertz CT molecular complexity index is 362. The maximum atomic E-state index is 5.81. The second-order valence-corrected chi connectivity index (χ2v) is 4.89. The van der Waals surface area contributed by atoms with Crippen LogP contribution in [0.3, 0.4) is 0 Å². The molecule has 0 aromatic heterocycles. The van der Waals surface area contributed by atoms with E-state index >= 15 is 0 Å². The Balaban J connectivity index is 2.88. The fourth-order valence-electron chi connectivity index (χ4n) is 1.63. The van der Waals surface area contributed by atoms with Gasteiger partial charge >= 0.3 is 0 Å². The molecular weight excluding hydrogens is 226 g/mol. The summed E-state index contributed by atoms with van der Waals surface area (Å²) in [5.74, 6) is 1.65. The molecule has 0 fully saturated rings. The van der Waals surface area contributed by atoms with Gasteiger partial charge < -0.3 is 14.8 Å². The fraction of sp³-hybridized carbons (Fsp3) is 0.600. The first-order valence-corrected chi connectivity index (χ1v) is 6.69. The fourth-order valence-corrected chi connectivity index (χ4v) is 1.63. The average molecular weight is 251 g/mol. The van der Waals surface area contributed by atoms with Gasteiger partial charge in [0.05, 0.1) is 12.2 Å². The number of rotatable bonds is 7. The molecule has 0 radical (unpaired) electrons. The van der Waals surface area contributed by atoms with Crippen LogP contribution in [0.25, 0.3) is 0 Å². The van der Waals surface area contributed by atoms with Crippen molar-refractivity contribution in [3.63, 3.8) is 0 Å². The van der Waals surface area contributed by atoms with Crippen LogP contribution < -0.4 is 14.8 Å². The predicted molar refractivity (Wildman–Crippen MR) is 75.4 cm³/mol. The average Bonchev–Trinajstić information content (AvgIpc) is 2.28. The molecule has 102 valence electrons. The van der Waals surface area contributed by atoms with Crippen molar-refractivity contribution in [2.45, 2.75) is 53.4 Å². The van der Waals surface area contributed by atoms with Gasteiger partial charge in [-0.15, -0.1) is 0 Å². The third kappa shape index (κ3) is 4.96. The highest BCUT2D eigenvalue weighted by molar-refractivity contribution is 5.43. The summed E-state index contributed by atoms with van der Waals surface area (Å²) < 4.78 is 11.6. The van der Waals surface area contributed by atoms with E-state index in [9.17, 15) is 0 Å². The molecule has 3 nitrogen and oxygen atoms in total. The topological polar surface area (TPSA) is 30.5 Å². The smallest absolute Gasteiger partial charge is 0.161 e. The van der Waals surface area contributed by atoms with E-state index in [1.165, 1.54) is 5.56 Å². The van der Waals surface area contributed by atoms with Crippen LogP contribution >= 0.6 is 0 Å². The predicted octanol–water partition coefficient (Wildman–Crippen LogP) is 3.37. The molecular formula is C15H25NO2. The Morgan fingerprint density at radius 3 is 2.17 bits per heavy atom. The van der Waals surface area contributed by atoms with Crippen LogP contribution in [0.2, 0.25) is 0 Å². The molecule has 0 saturated carbocycles. The Morgan fingerprint density at radius 1 is 1.00 bits per heavy atom. The largest absolute Gasteiger partial charge is 0.487 e. The van der Waals surface area contributed by atoms with Crippen molar-refractivity contribution >= 4 is 0 Å². The van der Waals surface area contributed by atoms with Crippen molar-refractivity contribution in [3.05, 3.63) is 23.8 Å². The van der Waals surface area contributed by atoms with Gasteiger partial charge in [-0.3, -0.25) is 0 Å². The van der Waals surface area contributed by atoms with E-state index in [-0.39, 0.29) is 12.2 Å². The van der Waals surface area contributed by atoms with Gasteiger partial charge in [-0.05, 0) is 51.9 Å². The normalized spacial score (nSPS) is 11.1. The van der Waals surface area contributed by atoms with Crippen molar-refractivity contribution in [2.75, 3.05) is 6.54 Å². The van der Waals surface area contributed by atoms with Crippen LogP contribution in [-0.4, -0.2) is 18.8 Å². The highest BCUT2D eigenvalue weighted by Gasteiger charge is 2.09. The quantitative estimate of drug-likeness (QED) is 0.806. The zero-order chi connectivity index (χ0) is 13.5. The zero-order valence-corrected chi connectivity index (χ0v) is 12.1. The van der Waals surface area contributed by atoms with Crippen molar-refractivity contribution in [1.29, 1.82) is 0 Å². The summed E-state index contributed by atoms with van der Waals surface area (Å²) in [6, 6.07) is 6.12. The summed E-state index contributed by atoms with van der Waals surface area (Å²) in [4.78, 5) is 0. The molecule has 3 heteroatoms. The lowest BCUT2D eigenvalue weighted by molar-refractivity contribution is 0.198. The van der Waals surface area contributed by atoms with Crippen molar-refractivity contribution in [1.82, 2.24) is 5.32 Å². The maximum absolute atomic E-state index is 5.81. The van der Waals surface area contributed by atoms with Gasteiger partial charge in [-0.2, -0.15) is 0 Å². The molecule has 0 atom stereocenters. The van der Waals surface area contributed by atoms with Gasteiger partial charge in [-0.1, -0.05) is 13.0 Å². The van der Waals surface area contributed by atoms with Gasteiger partial charge in [0.25, 0.3) is 0 Å². The third-order valence-corrected chi connectivity index (χ3v) is 2.31. The molecule has 0 amide bonds. The van der Waals surface area contributed by atoms with Crippen LogP contribution in [0.15, 0.2) is 18.2 Å². The van der Waals surface area contributed by atoms with E-state index in [0.29, 0.717) is 0 Å². The number of hydrogen-bond donors (Lipinski definition) is 1. The molecule has 1 rings (SSSR count). The Morgan fingerprint density at radius 2 is 1.61 bits per heavy atom. The summed E-state index contributed by atoms with van der Waals surface area (Å²) in [7, 11) is 0. The van der Waals surface area contributed by atoms with Crippen LogP contribution in [-0.2, 0) is 6.54 Å². The van der Waals surface area contributed by atoms with Gasteiger partial charge in [0.2, 0.25) is 0 Å². The summed E-state index contributed by atoms with van der Waals surface area (Å²) in [6.07, 6.45) is 0.299. The molecule has 0 aliphatic heterocycles. The highest BCUT2D eigenvalue weighted by atomic mass is 16.5. The van der Waals surface area contributed by atoms with Gasteiger partial charge in [-0.25, -0.2) is 0 Å². The van der Waals surface area contributed by atoms with Crippen molar-refractivity contribution < 1.29 is 9.47 Å². The molecule has 0 aliphatic rings. The van der Waals surface area contributed by atoms with E-state index in [1.807, 2.05) is 33.8 Å². The number of benzene rings is 1. The van der Waals surface area contributed by atoms with Gasteiger partial charge in [0.15, 0.2) is 11.5 Å². The Kier molecular flexibility index (Phi) is 5.99. The molecule has 0 bridgehead atoms. The standard InChI is InChI=1S/C15H25NO2/c1-6-16-10-13-7-8-14(17-11(2)3)15(9-13)18-12(4)5/h7-9,11-12,16H,6,10H2,1-5H3. The minimum atomic E-state index is 0.147. The molecule has 0 spiro atoms. The van der Waals surface area contributed by atoms with Crippen LogP contribution in [0.5, 0.6) is 11.5 Å². The molecule has 0 saturated heterocycles. The van der Waals surface area contributed by atoms with Crippen LogP contribution in [0, 0.1) is 0 Å². The Hall–Kier alpha value is -1.22. The van der Waals surface area contributed by atoms with Crippen LogP contribution in [0.4, 0.5) is 0 Å². The highest BCUT2D eigenvalue weighted by Crippen LogP contribution is 2.30. The van der Waals surface area contributed by atoms with E-state index < -0.39 is 0 Å². The summed E-state index contributed by atoms with van der Waals surface area (Å²) in [5.41, 5.74) is 1.21. The number of nitrogens with one attached hydrogen (secondary N) is 1. The zero-order valence-electron chi connectivity index (χ0n) is 12.1. The Labute approximate surface area is 110 Å². The summed E-state index contributed by atoms with van der Waals surface area (Å²) >= 11 is 0. The second-order valence-electron chi connectivity index (χ2n) is 4.89.